The molecule has 4 nitrogen and oxygen atoms in total. The Morgan fingerprint density at radius 3 is 2.04 bits per heavy atom. The van der Waals surface area contributed by atoms with Gasteiger partial charge in [0, 0.05) is 33.7 Å². The molecule has 0 atom stereocenters. The molecule has 9 aromatic rings. The largest absolute Gasteiger partial charge is 0.455 e. The van der Waals surface area contributed by atoms with E-state index in [0.29, 0.717) is 11.4 Å². The summed E-state index contributed by atoms with van der Waals surface area (Å²) in [5.74, 6) is 0.562. The zero-order valence-electron chi connectivity index (χ0n) is 27.6. The van der Waals surface area contributed by atoms with Crippen LogP contribution in [-0.2, 0) is 0 Å². The average Bonchev–Trinajstić information content (AvgIpc) is 3.59. The third-order valence-corrected chi connectivity index (χ3v) is 9.40. The van der Waals surface area contributed by atoms with Gasteiger partial charge in [0.05, 0.1) is 0 Å². The normalized spacial score (nSPS) is 12.0. The summed E-state index contributed by atoms with van der Waals surface area (Å²) in [5.41, 5.74) is 8.33. The van der Waals surface area contributed by atoms with E-state index in [2.05, 4.69) is 97.1 Å². The van der Waals surface area contributed by atoms with Crippen molar-refractivity contribution in [1.29, 1.82) is 5.41 Å². The molecular formula is C47H31N3O. The first kappa shape index (κ1) is 30.2. The highest BCUT2D eigenvalue weighted by atomic mass is 16.3. The second-order valence-corrected chi connectivity index (χ2v) is 12.6. The van der Waals surface area contributed by atoms with Crippen molar-refractivity contribution >= 4 is 61.4 Å². The molecule has 0 unspecified atom stereocenters. The Labute approximate surface area is 295 Å². The smallest absolute Gasteiger partial charge is 0.161 e. The van der Waals surface area contributed by atoms with Gasteiger partial charge in [0.25, 0.3) is 0 Å². The van der Waals surface area contributed by atoms with E-state index in [-0.39, 0.29) is 5.84 Å². The molecule has 0 aliphatic carbocycles. The lowest BCUT2D eigenvalue weighted by Crippen LogP contribution is -2.05. The van der Waals surface area contributed by atoms with E-state index >= 15 is 0 Å². The van der Waals surface area contributed by atoms with Crippen LogP contribution in [0.1, 0.15) is 16.7 Å². The zero-order valence-corrected chi connectivity index (χ0v) is 27.6. The van der Waals surface area contributed by atoms with Crippen LogP contribution >= 0.6 is 0 Å². The van der Waals surface area contributed by atoms with Gasteiger partial charge in [-0.15, -0.1) is 0 Å². The van der Waals surface area contributed by atoms with Crippen molar-refractivity contribution in [2.75, 3.05) is 0 Å². The number of nitrogens with zero attached hydrogens (tertiary/aromatic N) is 2. The van der Waals surface area contributed by atoms with Crippen LogP contribution in [0.4, 0.5) is 0 Å². The SMILES string of the molecule is N=C(N=C(N=Cc1ccc2ccccc2c1)c1ccc2cc(-c3ccccc3)ccc2c1)c1ccc(-c2ccccc2)c2oc3ccccc3c12. The van der Waals surface area contributed by atoms with Crippen LogP contribution in [0.3, 0.4) is 0 Å². The molecule has 0 saturated heterocycles. The summed E-state index contributed by atoms with van der Waals surface area (Å²) in [6, 6.07) is 59.9. The number of para-hydroxylation sites is 1. The molecule has 9 rings (SSSR count). The van der Waals surface area contributed by atoms with Crippen molar-refractivity contribution in [2.24, 2.45) is 9.98 Å². The number of aliphatic imine (C=N–C) groups is 2. The average molecular weight is 654 g/mol. The molecule has 1 aromatic heterocycles. The first-order chi connectivity index (χ1) is 25.2. The van der Waals surface area contributed by atoms with Gasteiger partial charge in [-0.25, -0.2) is 9.98 Å². The summed E-state index contributed by atoms with van der Waals surface area (Å²) >= 11 is 0. The number of fused-ring (bicyclic) bond motifs is 5. The Morgan fingerprint density at radius 1 is 0.529 bits per heavy atom. The molecule has 1 N–H and O–H groups in total. The maximum Gasteiger partial charge on any atom is 0.161 e. The number of hydrogen-bond donors (Lipinski definition) is 1. The van der Waals surface area contributed by atoms with Crippen molar-refractivity contribution in [2.45, 2.75) is 0 Å². The minimum absolute atomic E-state index is 0.108. The lowest BCUT2D eigenvalue weighted by atomic mass is 9.98. The molecular weight excluding hydrogens is 623 g/mol. The summed E-state index contributed by atoms with van der Waals surface area (Å²) in [6.07, 6.45) is 1.84. The van der Waals surface area contributed by atoms with Gasteiger partial charge in [0.2, 0.25) is 0 Å². The maximum atomic E-state index is 9.45. The molecule has 8 aromatic carbocycles. The molecule has 0 fully saturated rings. The van der Waals surface area contributed by atoms with E-state index in [1.165, 1.54) is 10.9 Å². The Balaban J connectivity index is 1.18. The molecule has 0 aliphatic rings. The monoisotopic (exact) mass is 653 g/mol. The Kier molecular flexibility index (Phi) is 7.60. The van der Waals surface area contributed by atoms with Crippen molar-refractivity contribution in [3.8, 4) is 22.3 Å². The van der Waals surface area contributed by atoms with Crippen LogP contribution in [0.5, 0.6) is 0 Å². The summed E-state index contributed by atoms with van der Waals surface area (Å²) in [7, 11) is 0. The van der Waals surface area contributed by atoms with E-state index in [0.717, 1.165) is 65.9 Å². The number of amidine groups is 2. The van der Waals surface area contributed by atoms with Crippen molar-refractivity contribution in [3.05, 3.63) is 193 Å². The van der Waals surface area contributed by atoms with Gasteiger partial charge in [-0.1, -0.05) is 140 Å². The standard InChI is InChI=1S/C47H31N3O/c48-46(42-26-25-40(34-14-5-2-6-15-34)45-44(42)41-17-9-10-18-43(41)51-45)50-47(49-30-31-19-20-33-13-7-8-16-35(33)27-31)39-24-23-37-28-36(21-22-38(37)29-39)32-11-3-1-4-12-32/h1-30,48H. The Hall–Kier alpha value is -6.91. The molecule has 1 heterocycles. The number of hydrogen-bond acceptors (Lipinski definition) is 2. The summed E-state index contributed by atoms with van der Waals surface area (Å²) in [5, 5.41) is 15.8. The van der Waals surface area contributed by atoms with Gasteiger partial charge in [-0.3, -0.25) is 5.41 Å². The minimum atomic E-state index is 0.108. The molecule has 0 radical (unpaired) electrons. The van der Waals surface area contributed by atoms with E-state index in [1.54, 1.807) is 0 Å². The van der Waals surface area contributed by atoms with Crippen LogP contribution in [0.15, 0.2) is 190 Å². The van der Waals surface area contributed by atoms with Crippen molar-refractivity contribution in [1.82, 2.24) is 0 Å². The number of rotatable bonds is 5. The third-order valence-electron chi connectivity index (χ3n) is 9.40. The minimum Gasteiger partial charge on any atom is -0.455 e. The van der Waals surface area contributed by atoms with Crippen molar-refractivity contribution in [3.63, 3.8) is 0 Å². The Morgan fingerprint density at radius 2 is 1.20 bits per heavy atom. The Bertz CT molecular complexity index is 2810. The highest BCUT2D eigenvalue weighted by Gasteiger charge is 2.19. The molecule has 240 valence electrons. The fourth-order valence-corrected chi connectivity index (χ4v) is 6.82. The maximum absolute atomic E-state index is 9.45. The number of benzene rings is 8. The first-order valence-electron chi connectivity index (χ1n) is 17.0. The van der Waals surface area contributed by atoms with Crippen LogP contribution in [0.2, 0.25) is 0 Å². The van der Waals surface area contributed by atoms with Crippen LogP contribution in [-0.4, -0.2) is 17.9 Å². The fourth-order valence-electron chi connectivity index (χ4n) is 6.82. The van der Waals surface area contributed by atoms with Gasteiger partial charge in [0.1, 0.15) is 11.2 Å². The molecule has 0 saturated carbocycles. The first-order valence-corrected chi connectivity index (χ1v) is 17.0. The third kappa shape index (κ3) is 5.79. The quantitative estimate of drug-likeness (QED) is 0.146. The molecule has 0 bridgehead atoms. The molecule has 0 amide bonds. The molecule has 0 aliphatic heterocycles. The lowest BCUT2D eigenvalue weighted by Gasteiger charge is -2.09. The van der Waals surface area contributed by atoms with E-state index < -0.39 is 0 Å². The number of furan rings is 1. The summed E-state index contributed by atoms with van der Waals surface area (Å²) in [6.45, 7) is 0. The van der Waals surface area contributed by atoms with Gasteiger partial charge in [-0.2, -0.15) is 0 Å². The highest BCUT2D eigenvalue weighted by Crippen LogP contribution is 2.38. The van der Waals surface area contributed by atoms with Crippen LogP contribution in [0.25, 0.3) is 65.7 Å². The van der Waals surface area contributed by atoms with E-state index in [4.69, 9.17) is 14.4 Å². The van der Waals surface area contributed by atoms with Gasteiger partial charge in [-0.05, 0) is 80.2 Å². The predicted molar refractivity (Wildman–Crippen MR) is 213 cm³/mol. The van der Waals surface area contributed by atoms with Gasteiger partial charge < -0.3 is 4.42 Å². The topological polar surface area (TPSA) is 61.7 Å². The van der Waals surface area contributed by atoms with E-state index in [9.17, 15) is 5.41 Å². The molecule has 4 heteroatoms. The van der Waals surface area contributed by atoms with Crippen LogP contribution in [0, 0.1) is 5.41 Å². The highest BCUT2D eigenvalue weighted by molar-refractivity contribution is 6.23. The second-order valence-electron chi connectivity index (χ2n) is 12.6. The molecule has 51 heavy (non-hydrogen) atoms. The predicted octanol–water partition coefficient (Wildman–Crippen LogP) is 12.1. The lowest BCUT2D eigenvalue weighted by molar-refractivity contribution is 0.670. The number of nitrogens with one attached hydrogen (secondary N) is 1. The second kappa shape index (κ2) is 12.8. The fraction of sp³-hybridized carbons (Fsp3) is 0. The zero-order chi connectivity index (χ0) is 34.1. The van der Waals surface area contributed by atoms with Gasteiger partial charge >= 0.3 is 0 Å². The summed E-state index contributed by atoms with van der Waals surface area (Å²) < 4.78 is 6.47. The molecule has 0 spiro atoms. The summed E-state index contributed by atoms with van der Waals surface area (Å²) in [4.78, 5) is 9.93. The van der Waals surface area contributed by atoms with Gasteiger partial charge in [0.15, 0.2) is 11.7 Å². The van der Waals surface area contributed by atoms with Crippen LogP contribution < -0.4 is 0 Å². The van der Waals surface area contributed by atoms with Crippen molar-refractivity contribution < 1.29 is 4.42 Å². The van der Waals surface area contributed by atoms with E-state index in [1.807, 2.05) is 85.1 Å².